The topological polar surface area (TPSA) is 37.4 Å². The maximum atomic E-state index is 11.4. The molecule has 108 valence electrons. The van der Waals surface area contributed by atoms with Crippen LogP contribution in [0.1, 0.15) is 47.5 Å². The zero-order valence-corrected chi connectivity index (χ0v) is 13.1. The van der Waals surface area contributed by atoms with E-state index in [1.807, 2.05) is 40.7 Å². The summed E-state index contributed by atoms with van der Waals surface area (Å²) in [5, 5.41) is 0. The highest BCUT2D eigenvalue weighted by molar-refractivity contribution is 6.20. The largest absolute Gasteiger partial charge is 0.278 e. The van der Waals surface area contributed by atoms with E-state index < -0.39 is 0 Å². The molecule has 2 amide bonds. The fourth-order valence-electron chi connectivity index (χ4n) is 1.56. The van der Waals surface area contributed by atoms with Crippen molar-refractivity contribution in [1.82, 2.24) is 4.90 Å². The second-order valence-corrected chi connectivity index (χ2v) is 3.41. The zero-order valence-electron chi connectivity index (χ0n) is 13.1. The Morgan fingerprint density at radius 1 is 1.16 bits per heavy atom. The van der Waals surface area contributed by atoms with Crippen LogP contribution in [0.4, 0.5) is 0 Å². The number of amides is 2. The highest BCUT2D eigenvalue weighted by atomic mass is 16.2. The highest BCUT2D eigenvalue weighted by Crippen LogP contribution is 2.27. The molecule has 0 fully saturated rings. The fraction of sp³-hybridized carbons (Fsp3) is 0.500. The molecule has 0 bridgehead atoms. The Bertz CT molecular complexity index is 365. The molecule has 0 radical (unpaired) electrons. The van der Waals surface area contributed by atoms with Crippen LogP contribution < -0.4 is 0 Å². The number of nitrogens with zero attached hydrogens (tertiary/aromatic N) is 1. The van der Waals surface area contributed by atoms with Gasteiger partial charge >= 0.3 is 0 Å². The molecule has 0 aromatic heterocycles. The molecule has 2 aliphatic rings. The van der Waals surface area contributed by atoms with Crippen molar-refractivity contribution < 1.29 is 9.59 Å². The van der Waals surface area contributed by atoms with Crippen molar-refractivity contribution in [2.45, 2.75) is 47.5 Å². The summed E-state index contributed by atoms with van der Waals surface area (Å²) in [5.41, 5.74) is 1.28. The maximum absolute atomic E-state index is 11.4. The number of hydrogen-bond donors (Lipinski definition) is 0. The molecule has 1 aliphatic heterocycles. The Balaban J connectivity index is 0. The second kappa shape index (κ2) is 11.5. The van der Waals surface area contributed by atoms with Crippen molar-refractivity contribution in [2.75, 3.05) is 7.05 Å². The first-order valence-corrected chi connectivity index (χ1v) is 6.92. The van der Waals surface area contributed by atoms with Gasteiger partial charge in [0.2, 0.25) is 0 Å². The average molecular weight is 265 g/mol. The third-order valence-electron chi connectivity index (χ3n) is 2.27. The Labute approximate surface area is 117 Å². The van der Waals surface area contributed by atoms with Gasteiger partial charge in [0.15, 0.2) is 0 Å². The molecule has 3 heteroatoms. The van der Waals surface area contributed by atoms with Crippen LogP contribution >= 0.6 is 0 Å². The molecule has 0 spiro atoms. The molecule has 0 atom stereocenters. The van der Waals surface area contributed by atoms with Crippen LogP contribution in [0.2, 0.25) is 0 Å². The van der Waals surface area contributed by atoms with Crippen molar-refractivity contribution in [1.29, 1.82) is 0 Å². The van der Waals surface area contributed by atoms with Gasteiger partial charge in [-0.15, -0.1) is 6.58 Å². The van der Waals surface area contributed by atoms with E-state index in [0.717, 1.165) is 6.42 Å². The lowest BCUT2D eigenvalue weighted by atomic mass is 10.00. The molecule has 0 N–H and O–H groups in total. The minimum atomic E-state index is -0.161. The summed E-state index contributed by atoms with van der Waals surface area (Å²) in [6.45, 7) is 13.2. The molecule has 1 heterocycles. The van der Waals surface area contributed by atoms with E-state index in [0.29, 0.717) is 17.6 Å². The minimum Gasteiger partial charge on any atom is -0.278 e. The molecule has 0 aromatic rings. The molecule has 1 aliphatic carbocycles. The van der Waals surface area contributed by atoms with Crippen LogP contribution in [0.25, 0.3) is 0 Å². The van der Waals surface area contributed by atoms with Crippen LogP contribution in [0.5, 0.6) is 0 Å². The van der Waals surface area contributed by atoms with E-state index >= 15 is 0 Å². The predicted molar refractivity (Wildman–Crippen MR) is 81.7 cm³/mol. The van der Waals surface area contributed by atoms with E-state index in [9.17, 15) is 9.59 Å². The maximum Gasteiger partial charge on any atom is 0.260 e. The van der Waals surface area contributed by atoms with Gasteiger partial charge in [0.25, 0.3) is 11.8 Å². The van der Waals surface area contributed by atoms with Gasteiger partial charge in [-0.3, -0.25) is 14.5 Å². The van der Waals surface area contributed by atoms with Crippen molar-refractivity contribution >= 4 is 11.8 Å². The average Bonchev–Trinajstić information content (AvgIpc) is 2.70. The van der Waals surface area contributed by atoms with E-state index in [-0.39, 0.29) is 11.8 Å². The van der Waals surface area contributed by atoms with Crippen LogP contribution in [0.15, 0.2) is 36.0 Å². The first-order chi connectivity index (χ1) is 9.13. The number of allylic oxidation sites excluding steroid dienone is 2. The van der Waals surface area contributed by atoms with E-state index in [1.54, 1.807) is 12.2 Å². The van der Waals surface area contributed by atoms with Gasteiger partial charge in [-0.05, 0) is 19.8 Å². The molecule has 0 aromatic carbocycles. The molecule has 3 nitrogen and oxygen atoms in total. The first-order valence-electron chi connectivity index (χ1n) is 6.92. The lowest BCUT2D eigenvalue weighted by Crippen LogP contribution is -2.26. The van der Waals surface area contributed by atoms with Crippen LogP contribution in [0.3, 0.4) is 0 Å². The van der Waals surface area contributed by atoms with Gasteiger partial charge < -0.3 is 0 Å². The van der Waals surface area contributed by atoms with Crippen molar-refractivity contribution in [3.05, 3.63) is 36.0 Å². The smallest absolute Gasteiger partial charge is 0.260 e. The normalized spacial score (nSPS) is 15.4. The van der Waals surface area contributed by atoms with Crippen molar-refractivity contribution in [2.24, 2.45) is 0 Å². The Kier molecular flexibility index (Phi) is 11.9. The predicted octanol–water partition coefficient (Wildman–Crippen LogP) is 3.88. The molecule has 0 saturated heterocycles. The third kappa shape index (κ3) is 5.25. The Hall–Kier alpha value is -1.64. The summed E-state index contributed by atoms with van der Waals surface area (Å²) in [6.07, 6.45) is 7.01. The monoisotopic (exact) mass is 265 g/mol. The van der Waals surface area contributed by atoms with E-state index in [4.69, 9.17) is 0 Å². The van der Waals surface area contributed by atoms with Crippen molar-refractivity contribution in [3.63, 3.8) is 0 Å². The quantitative estimate of drug-likeness (QED) is 0.492. The molecule has 0 saturated carbocycles. The summed E-state index contributed by atoms with van der Waals surface area (Å²) < 4.78 is 0. The van der Waals surface area contributed by atoms with E-state index in [2.05, 4.69) is 6.58 Å². The number of carbonyl (C=O) groups excluding carboxylic acids is 2. The number of carbonyl (C=O) groups is 2. The van der Waals surface area contributed by atoms with Gasteiger partial charge in [-0.2, -0.15) is 0 Å². The summed E-state index contributed by atoms with van der Waals surface area (Å²) in [6, 6.07) is 0. The lowest BCUT2D eigenvalue weighted by Gasteiger charge is -2.04. The standard InChI is InChI=1S/C9H9NO2.C3H6.2C2H6/c1-10-8(11)6-4-2-3-5-7(6)9(10)12;1-3-2;2*1-2/h2,4H,3,5H2,1H3;3H,1H2,2H3;2*1-2H3. The third-order valence-corrected chi connectivity index (χ3v) is 2.27. The van der Waals surface area contributed by atoms with Gasteiger partial charge in [0, 0.05) is 18.2 Å². The molecular weight excluding hydrogens is 238 g/mol. The summed E-state index contributed by atoms with van der Waals surface area (Å²) in [7, 11) is 1.52. The fourth-order valence-corrected chi connectivity index (χ4v) is 1.56. The molecule has 19 heavy (non-hydrogen) atoms. The molecule has 0 unspecified atom stereocenters. The SMILES string of the molecule is C=CC.CC.CC.CN1C(=O)C2=C(CCC=C2)C1=O. The number of likely N-dealkylation sites (N-methyl/N-ethyl adjacent to an activating group) is 1. The van der Waals surface area contributed by atoms with Gasteiger partial charge in [0.05, 0.1) is 0 Å². The van der Waals surface area contributed by atoms with Crippen LogP contribution in [0, 0.1) is 0 Å². The molecule has 2 rings (SSSR count). The number of imide groups is 1. The van der Waals surface area contributed by atoms with Crippen LogP contribution in [-0.4, -0.2) is 23.8 Å². The van der Waals surface area contributed by atoms with Crippen molar-refractivity contribution in [3.8, 4) is 0 Å². The Morgan fingerprint density at radius 3 is 2.05 bits per heavy atom. The summed E-state index contributed by atoms with van der Waals surface area (Å²) in [4.78, 5) is 23.9. The Morgan fingerprint density at radius 2 is 1.63 bits per heavy atom. The minimum absolute atomic E-state index is 0.126. The van der Waals surface area contributed by atoms with Gasteiger partial charge in [0.1, 0.15) is 0 Å². The molecular formula is C16H27NO2. The van der Waals surface area contributed by atoms with Gasteiger partial charge in [-0.25, -0.2) is 0 Å². The second-order valence-electron chi connectivity index (χ2n) is 3.41. The first kappa shape index (κ1) is 19.7. The highest BCUT2D eigenvalue weighted by Gasteiger charge is 2.34. The summed E-state index contributed by atoms with van der Waals surface area (Å²) in [5.74, 6) is -0.287. The lowest BCUT2D eigenvalue weighted by molar-refractivity contribution is -0.135. The van der Waals surface area contributed by atoms with E-state index in [1.165, 1.54) is 11.9 Å². The van der Waals surface area contributed by atoms with Gasteiger partial charge in [-0.1, -0.05) is 45.9 Å². The summed E-state index contributed by atoms with van der Waals surface area (Å²) >= 11 is 0. The number of hydrogen-bond acceptors (Lipinski definition) is 2. The zero-order chi connectivity index (χ0) is 15.4. The van der Waals surface area contributed by atoms with Crippen LogP contribution in [-0.2, 0) is 9.59 Å². The number of rotatable bonds is 0.